The first-order valence-electron chi connectivity index (χ1n) is 7.29. The number of nitrogens with zero attached hydrogens (tertiary/aromatic N) is 1. The third-order valence-electron chi connectivity index (χ3n) is 4.04. The lowest BCUT2D eigenvalue weighted by molar-refractivity contribution is -0.143. The number of amides is 1. The second-order valence-corrected chi connectivity index (χ2v) is 5.58. The highest BCUT2D eigenvalue weighted by molar-refractivity contribution is 5.79. The smallest absolute Gasteiger partial charge is 0.225 e. The highest BCUT2D eigenvalue weighted by atomic mass is 16.5. The maximum Gasteiger partial charge on any atom is 0.225 e. The molecule has 0 aromatic rings. The minimum atomic E-state index is -0.325. The summed E-state index contributed by atoms with van der Waals surface area (Å²) in [7, 11) is 0. The number of likely N-dealkylation sites (tertiary alicyclic amines) is 1. The van der Waals surface area contributed by atoms with E-state index in [0.29, 0.717) is 13.2 Å². The second-order valence-electron chi connectivity index (χ2n) is 5.58. The van der Waals surface area contributed by atoms with Crippen LogP contribution in [0.3, 0.4) is 0 Å². The Kier molecular flexibility index (Phi) is 5.01. The zero-order valence-corrected chi connectivity index (χ0v) is 11.3. The van der Waals surface area contributed by atoms with Crippen molar-refractivity contribution in [2.75, 3.05) is 19.7 Å². The summed E-state index contributed by atoms with van der Waals surface area (Å²) in [5, 5.41) is 9.64. The van der Waals surface area contributed by atoms with E-state index in [1.165, 1.54) is 0 Å². The van der Waals surface area contributed by atoms with Gasteiger partial charge in [-0.05, 0) is 32.1 Å². The Morgan fingerprint density at radius 2 is 2.28 bits per heavy atom. The number of ether oxygens (including phenoxy) is 1. The molecule has 2 saturated heterocycles. The second kappa shape index (κ2) is 6.53. The molecule has 3 unspecified atom stereocenters. The summed E-state index contributed by atoms with van der Waals surface area (Å²) in [5.74, 6) is 0.346. The van der Waals surface area contributed by atoms with Crippen LogP contribution < -0.4 is 0 Å². The van der Waals surface area contributed by atoms with E-state index in [0.717, 1.165) is 45.1 Å². The zero-order chi connectivity index (χ0) is 13.0. The van der Waals surface area contributed by atoms with E-state index < -0.39 is 0 Å². The van der Waals surface area contributed by atoms with Gasteiger partial charge in [0.25, 0.3) is 0 Å². The standard InChI is InChI=1S/C14H25NO3/c1-2-4-13-9-11(6-8-18-13)14(17)15-7-3-5-12(16)10-15/h11-13,16H,2-10H2,1H3. The first kappa shape index (κ1) is 13.8. The fourth-order valence-corrected chi connectivity index (χ4v) is 3.04. The van der Waals surface area contributed by atoms with E-state index in [2.05, 4.69) is 6.92 Å². The number of β-amino-alcohol motifs (C(OH)–C–C–N with tert-alkyl or cyclic N) is 1. The van der Waals surface area contributed by atoms with Crippen LogP contribution in [0, 0.1) is 5.92 Å². The Balaban J connectivity index is 1.87. The molecule has 4 heteroatoms. The van der Waals surface area contributed by atoms with Crippen molar-refractivity contribution in [3.05, 3.63) is 0 Å². The molecule has 0 aromatic heterocycles. The van der Waals surface area contributed by atoms with Crippen LogP contribution >= 0.6 is 0 Å². The molecule has 1 amide bonds. The molecule has 2 rings (SSSR count). The minimum absolute atomic E-state index is 0.112. The lowest BCUT2D eigenvalue weighted by Crippen LogP contribution is -2.46. The first-order chi connectivity index (χ1) is 8.70. The van der Waals surface area contributed by atoms with Crippen molar-refractivity contribution in [3.63, 3.8) is 0 Å². The van der Waals surface area contributed by atoms with Gasteiger partial charge in [0, 0.05) is 25.6 Å². The molecule has 0 aliphatic carbocycles. The molecule has 0 spiro atoms. The Morgan fingerprint density at radius 3 is 3.00 bits per heavy atom. The minimum Gasteiger partial charge on any atom is -0.391 e. The molecule has 2 heterocycles. The summed E-state index contributed by atoms with van der Waals surface area (Å²) in [6, 6.07) is 0. The van der Waals surface area contributed by atoms with E-state index in [1.807, 2.05) is 4.90 Å². The van der Waals surface area contributed by atoms with Crippen molar-refractivity contribution in [2.45, 2.75) is 57.7 Å². The molecular formula is C14H25NO3. The summed E-state index contributed by atoms with van der Waals surface area (Å²) in [6.07, 6.45) is 5.54. The molecule has 0 radical (unpaired) electrons. The van der Waals surface area contributed by atoms with Gasteiger partial charge in [0.05, 0.1) is 12.2 Å². The number of rotatable bonds is 3. The SMILES string of the molecule is CCCC1CC(C(=O)N2CCCC(O)C2)CCO1. The highest BCUT2D eigenvalue weighted by Crippen LogP contribution is 2.26. The van der Waals surface area contributed by atoms with Gasteiger partial charge in [-0.1, -0.05) is 13.3 Å². The number of piperidine rings is 1. The lowest BCUT2D eigenvalue weighted by atomic mass is 9.91. The predicted molar refractivity (Wildman–Crippen MR) is 69.2 cm³/mol. The molecule has 0 aromatic carbocycles. The van der Waals surface area contributed by atoms with Crippen molar-refractivity contribution in [1.29, 1.82) is 0 Å². The summed E-state index contributed by atoms with van der Waals surface area (Å²) in [5.41, 5.74) is 0. The van der Waals surface area contributed by atoms with Crippen LogP contribution in [-0.2, 0) is 9.53 Å². The molecule has 0 saturated carbocycles. The van der Waals surface area contributed by atoms with E-state index in [4.69, 9.17) is 4.74 Å². The van der Waals surface area contributed by atoms with Crippen LogP contribution in [0.4, 0.5) is 0 Å². The summed E-state index contributed by atoms with van der Waals surface area (Å²) >= 11 is 0. The average molecular weight is 255 g/mol. The molecule has 104 valence electrons. The van der Waals surface area contributed by atoms with Crippen LogP contribution in [-0.4, -0.2) is 47.8 Å². The molecular weight excluding hydrogens is 230 g/mol. The van der Waals surface area contributed by atoms with Gasteiger partial charge in [-0.3, -0.25) is 4.79 Å². The molecule has 2 aliphatic rings. The molecule has 3 atom stereocenters. The van der Waals surface area contributed by atoms with E-state index >= 15 is 0 Å². The van der Waals surface area contributed by atoms with Crippen molar-refractivity contribution in [1.82, 2.24) is 4.90 Å². The van der Waals surface area contributed by atoms with Gasteiger partial charge in [0.2, 0.25) is 5.91 Å². The van der Waals surface area contributed by atoms with Crippen molar-refractivity contribution >= 4 is 5.91 Å². The van der Waals surface area contributed by atoms with Gasteiger partial charge < -0.3 is 14.7 Å². The Bertz CT molecular complexity index is 280. The Morgan fingerprint density at radius 1 is 1.44 bits per heavy atom. The Labute approximate surface area is 109 Å². The third-order valence-corrected chi connectivity index (χ3v) is 4.04. The first-order valence-corrected chi connectivity index (χ1v) is 7.29. The van der Waals surface area contributed by atoms with Crippen LogP contribution in [0.1, 0.15) is 45.4 Å². The maximum atomic E-state index is 12.4. The van der Waals surface area contributed by atoms with Crippen molar-refractivity contribution < 1.29 is 14.6 Å². The van der Waals surface area contributed by atoms with Gasteiger partial charge in [-0.15, -0.1) is 0 Å². The number of aliphatic hydroxyl groups excluding tert-OH is 1. The largest absolute Gasteiger partial charge is 0.391 e. The predicted octanol–water partition coefficient (Wildman–Crippen LogP) is 1.56. The number of hydrogen-bond donors (Lipinski definition) is 1. The molecule has 1 N–H and O–H groups in total. The van der Waals surface area contributed by atoms with E-state index in [1.54, 1.807) is 0 Å². The lowest BCUT2D eigenvalue weighted by Gasteiger charge is -2.36. The van der Waals surface area contributed by atoms with Crippen molar-refractivity contribution in [2.24, 2.45) is 5.92 Å². The molecule has 0 bridgehead atoms. The average Bonchev–Trinajstić information content (AvgIpc) is 2.39. The summed E-state index contributed by atoms with van der Waals surface area (Å²) in [4.78, 5) is 14.3. The van der Waals surface area contributed by atoms with Gasteiger partial charge in [-0.2, -0.15) is 0 Å². The summed E-state index contributed by atoms with van der Waals surface area (Å²) < 4.78 is 5.69. The number of aliphatic hydroxyl groups is 1. The van der Waals surface area contributed by atoms with E-state index in [-0.39, 0.29) is 24.0 Å². The number of hydrogen-bond acceptors (Lipinski definition) is 3. The van der Waals surface area contributed by atoms with E-state index in [9.17, 15) is 9.90 Å². The van der Waals surface area contributed by atoms with Crippen LogP contribution in [0.15, 0.2) is 0 Å². The van der Waals surface area contributed by atoms with Gasteiger partial charge >= 0.3 is 0 Å². The number of carbonyl (C=O) groups is 1. The fourth-order valence-electron chi connectivity index (χ4n) is 3.04. The van der Waals surface area contributed by atoms with Gasteiger partial charge in [0.15, 0.2) is 0 Å². The topological polar surface area (TPSA) is 49.8 Å². The highest BCUT2D eigenvalue weighted by Gasteiger charge is 2.32. The fraction of sp³-hybridized carbons (Fsp3) is 0.929. The Hall–Kier alpha value is -0.610. The van der Waals surface area contributed by atoms with Crippen LogP contribution in [0.2, 0.25) is 0 Å². The zero-order valence-electron chi connectivity index (χ0n) is 11.3. The molecule has 4 nitrogen and oxygen atoms in total. The normalized spacial score (nSPS) is 33.4. The molecule has 2 fully saturated rings. The number of carbonyl (C=O) groups excluding carboxylic acids is 1. The quantitative estimate of drug-likeness (QED) is 0.832. The maximum absolute atomic E-state index is 12.4. The van der Waals surface area contributed by atoms with Crippen LogP contribution in [0.5, 0.6) is 0 Å². The molecule has 2 aliphatic heterocycles. The monoisotopic (exact) mass is 255 g/mol. The van der Waals surface area contributed by atoms with Crippen LogP contribution in [0.25, 0.3) is 0 Å². The van der Waals surface area contributed by atoms with Gasteiger partial charge in [0.1, 0.15) is 0 Å². The third kappa shape index (κ3) is 3.45. The van der Waals surface area contributed by atoms with Crippen molar-refractivity contribution in [3.8, 4) is 0 Å². The molecule has 18 heavy (non-hydrogen) atoms. The summed E-state index contributed by atoms with van der Waals surface area (Å²) in [6.45, 7) is 4.19. The van der Waals surface area contributed by atoms with Gasteiger partial charge in [-0.25, -0.2) is 0 Å².